The highest BCUT2D eigenvalue weighted by atomic mass is 32.2. The van der Waals surface area contributed by atoms with Gasteiger partial charge in [-0.1, -0.05) is 6.07 Å². The van der Waals surface area contributed by atoms with Crippen LogP contribution < -0.4 is 5.32 Å². The Bertz CT molecular complexity index is 996. The van der Waals surface area contributed by atoms with Crippen LogP contribution >= 0.6 is 11.3 Å². The fourth-order valence-electron chi connectivity index (χ4n) is 3.02. The van der Waals surface area contributed by atoms with Crippen molar-refractivity contribution in [3.63, 3.8) is 0 Å². The van der Waals surface area contributed by atoms with E-state index in [1.54, 1.807) is 22.8 Å². The summed E-state index contributed by atoms with van der Waals surface area (Å²) in [5.74, 6) is -1.03. The van der Waals surface area contributed by atoms with Crippen LogP contribution in [0.15, 0.2) is 34.5 Å². The van der Waals surface area contributed by atoms with Crippen molar-refractivity contribution >= 4 is 38.9 Å². The number of aryl methyl sites for hydroxylation is 1. The second-order valence-corrected chi connectivity index (χ2v) is 9.81. The number of nitrogens with one attached hydrogen (secondary N) is 1. The normalized spacial score (nSPS) is 13.8. The largest absolute Gasteiger partial charge is 0.452 e. The molecular formula is C19H22N2O5S2. The lowest BCUT2D eigenvalue weighted by Crippen LogP contribution is -2.23. The summed E-state index contributed by atoms with van der Waals surface area (Å²) in [7, 11) is -0.734. The summed E-state index contributed by atoms with van der Waals surface area (Å²) in [5.41, 5.74) is 1.91. The van der Waals surface area contributed by atoms with Crippen molar-refractivity contribution in [2.24, 2.45) is 0 Å². The van der Waals surface area contributed by atoms with Crippen LogP contribution in [0.1, 0.15) is 33.6 Å². The second-order valence-electron chi connectivity index (χ2n) is 6.70. The number of anilines is 1. The summed E-state index contributed by atoms with van der Waals surface area (Å²) in [5, 5.41) is 4.36. The van der Waals surface area contributed by atoms with Crippen molar-refractivity contribution in [3.8, 4) is 0 Å². The van der Waals surface area contributed by atoms with Crippen LogP contribution in [-0.2, 0) is 32.4 Å². The van der Waals surface area contributed by atoms with Gasteiger partial charge >= 0.3 is 5.97 Å². The number of thiophene rings is 1. The molecule has 0 bridgehead atoms. The van der Waals surface area contributed by atoms with Gasteiger partial charge in [0, 0.05) is 30.0 Å². The number of amides is 1. The molecule has 150 valence electrons. The standard InChI is InChI=1S/C19H22N2O5S2/c1-21(2)28(24,25)14-7-5-6-13(10-14)20-18(22)11-26-19(23)16-12-27-17-9-4-3-8-15(16)17/h5-7,10,12H,3-4,8-9,11H2,1-2H3,(H,20,22). The van der Waals surface area contributed by atoms with Crippen molar-refractivity contribution in [2.75, 3.05) is 26.0 Å². The molecule has 0 fully saturated rings. The lowest BCUT2D eigenvalue weighted by atomic mass is 9.96. The fraction of sp³-hybridized carbons (Fsp3) is 0.368. The molecule has 28 heavy (non-hydrogen) atoms. The van der Waals surface area contributed by atoms with Gasteiger partial charge in [0.15, 0.2) is 6.61 Å². The summed E-state index contributed by atoms with van der Waals surface area (Å²) in [4.78, 5) is 25.7. The monoisotopic (exact) mass is 422 g/mol. The number of esters is 1. The van der Waals surface area contributed by atoms with Gasteiger partial charge in [0.05, 0.1) is 10.5 Å². The number of fused-ring (bicyclic) bond motifs is 1. The highest BCUT2D eigenvalue weighted by molar-refractivity contribution is 7.89. The predicted octanol–water partition coefficient (Wildman–Crippen LogP) is 2.67. The highest BCUT2D eigenvalue weighted by Gasteiger charge is 2.22. The molecule has 0 radical (unpaired) electrons. The number of hydrogen-bond acceptors (Lipinski definition) is 6. The van der Waals surface area contributed by atoms with Crippen molar-refractivity contribution in [1.82, 2.24) is 4.31 Å². The number of carbonyl (C=O) groups is 2. The van der Waals surface area contributed by atoms with Crippen molar-refractivity contribution in [2.45, 2.75) is 30.6 Å². The van der Waals surface area contributed by atoms with E-state index in [4.69, 9.17) is 4.74 Å². The molecule has 1 amide bonds. The zero-order valence-electron chi connectivity index (χ0n) is 15.7. The lowest BCUT2D eigenvalue weighted by molar-refractivity contribution is -0.119. The Labute approximate surface area is 168 Å². The Balaban J connectivity index is 1.61. The third-order valence-corrected chi connectivity index (χ3v) is 7.41. The Kier molecular flexibility index (Phi) is 6.17. The summed E-state index contributed by atoms with van der Waals surface area (Å²) in [6.45, 7) is -0.436. The topological polar surface area (TPSA) is 92.8 Å². The quantitative estimate of drug-likeness (QED) is 0.723. The molecule has 0 aliphatic heterocycles. The lowest BCUT2D eigenvalue weighted by Gasteiger charge is -2.13. The Morgan fingerprint density at radius 2 is 1.96 bits per heavy atom. The summed E-state index contributed by atoms with van der Waals surface area (Å²) in [6, 6.07) is 5.92. The van der Waals surface area contributed by atoms with Crippen molar-refractivity contribution in [1.29, 1.82) is 0 Å². The van der Waals surface area contributed by atoms with Crippen LogP contribution in [0.4, 0.5) is 5.69 Å². The molecule has 1 aliphatic carbocycles. The molecule has 1 heterocycles. The average molecular weight is 423 g/mol. The van der Waals surface area contributed by atoms with Crippen LogP contribution in [0.3, 0.4) is 0 Å². The zero-order chi connectivity index (χ0) is 20.3. The molecule has 1 aromatic heterocycles. The minimum atomic E-state index is -3.60. The van der Waals surface area contributed by atoms with Gasteiger partial charge in [-0.15, -0.1) is 11.3 Å². The first-order valence-electron chi connectivity index (χ1n) is 8.88. The molecule has 9 heteroatoms. The van der Waals surface area contributed by atoms with Gasteiger partial charge in [-0.2, -0.15) is 0 Å². The van der Waals surface area contributed by atoms with E-state index >= 15 is 0 Å². The van der Waals surface area contributed by atoms with Gasteiger partial charge < -0.3 is 10.1 Å². The number of carbonyl (C=O) groups excluding carboxylic acids is 2. The van der Waals surface area contributed by atoms with E-state index in [9.17, 15) is 18.0 Å². The Morgan fingerprint density at radius 1 is 1.21 bits per heavy atom. The second kappa shape index (κ2) is 8.42. The first kappa shape index (κ1) is 20.5. The maximum atomic E-state index is 12.3. The first-order chi connectivity index (χ1) is 13.3. The molecule has 0 atom stereocenters. The molecule has 0 unspecified atom stereocenters. The summed E-state index contributed by atoms with van der Waals surface area (Å²) in [6.07, 6.45) is 4.03. The minimum Gasteiger partial charge on any atom is -0.452 e. The van der Waals surface area contributed by atoms with Crippen LogP contribution in [0, 0.1) is 0 Å². The number of nitrogens with zero attached hydrogens (tertiary/aromatic N) is 1. The van der Waals surface area contributed by atoms with Crippen LogP contribution in [0.2, 0.25) is 0 Å². The van der Waals surface area contributed by atoms with Crippen LogP contribution in [0.25, 0.3) is 0 Å². The van der Waals surface area contributed by atoms with E-state index < -0.39 is 28.5 Å². The molecule has 2 aromatic rings. The maximum absolute atomic E-state index is 12.3. The summed E-state index contributed by atoms with van der Waals surface area (Å²) >= 11 is 1.56. The molecular weight excluding hydrogens is 400 g/mol. The maximum Gasteiger partial charge on any atom is 0.339 e. The van der Waals surface area contributed by atoms with E-state index in [1.165, 1.54) is 37.2 Å². The van der Waals surface area contributed by atoms with E-state index in [1.807, 2.05) is 0 Å². The number of sulfonamides is 1. The molecule has 3 rings (SSSR count). The molecule has 0 saturated carbocycles. The van der Waals surface area contributed by atoms with E-state index in [0.29, 0.717) is 11.3 Å². The first-order valence-corrected chi connectivity index (χ1v) is 11.2. The Morgan fingerprint density at radius 3 is 2.71 bits per heavy atom. The molecule has 0 saturated heterocycles. The van der Waals surface area contributed by atoms with E-state index in [2.05, 4.69) is 5.32 Å². The molecule has 1 N–H and O–H groups in total. The van der Waals surface area contributed by atoms with Gasteiger partial charge in [0.2, 0.25) is 10.0 Å². The fourth-order valence-corrected chi connectivity index (χ4v) is 5.08. The van der Waals surface area contributed by atoms with E-state index in [-0.39, 0.29) is 4.90 Å². The molecule has 1 aliphatic rings. The average Bonchev–Trinajstić information content (AvgIpc) is 3.10. The van der Waals surface area contributed by atoms with Gasteiger partial charge in [-0.25, -0.2) is 17.5 Å². The van der Waals surface area contributed by atoms with Crippen LogP contribution in [0.5, 0.6) is 0 Å². The smallest absolute Gasteiger partial charge is 0.339 e. The molecule has 1 aromatic carbocycles. The van der Waals surface area contributed by atoms with E-state index in [0.717, 1.165) is 35.6 Å². The molecule has 7 nitrogen and oxygen atoms in total. The minimum absolute atomic E-state index is 0.0668. The zero-order valence-corrected chi connectivity index (χ0v) is 17.4. The third-order valence-electron chi connectivity index (χ3n) is 4.51. The predicted molar refractivity (Wildman–Crippen MR) is 107 cm³/mol. The molecule has 0 spiro atoms. The van der Waals surface area contributed by atoms with Gasteiger partial charge in [0.25, 0.3) is 5.91 Å². The SMILES string of the molecule is CN(C)S(=O)(=O)c1cccc(NC(=O)COC(=O)c2csc3c2CCCC3)c1. The third kappa shape index (κ3) is 4.43. The number of ether oxygens (including phenoxy) is 1. The van der Waals surface area contributed by atoms with Crippen molar-refractivity contribution < 1.29 is 22.7 Å². The number of rotatable bonds is 6. The van der Waals surface area contributed by atoms with Gasteiger partial charge in [-0.3, -0.25) is 4.79 Å². The number of hydrogen-bond donors (Lipinski definition) is 1. The highest BCUT2D eigenvalue weighted by Crippen LogP contribution is 2.30. The van der Waals surface area contributed by atoms with Gasteiger partial charge in [-0.05, 0) is 49.4 Å². The van der Waals surface area contributed by atoms with Crippen LogP contribution in [-0.4, -0.2) is 45.3 Å². The van der Waals surface area contributed by atoms with Crippen molar-refractivity contribution in [3.05, 3.63) is 45.6 Å². The Hall–Kier alpha value is -2.23. The van der Waals surface area contributed by atoms with Gasteiger partial charge in [0.1, 0.15) is 0 Å². The summed E-state index contributed by atoms with van der Waals surface area (Å²) < 4.78 is 30.6. The number of benzene rings is 1.